The highest BCUT2D eigenvalue weighted by Gasteiger charge is 2.50. The number of oxime groups is 1. The number of hydrogen-bond donors (Lipinski definition) is 2. The van der Waals surface area contributed by atoms with Crippen LogP contribution in [0.25, 0.3) is 0 Å². The number of nitrogens with one attached hydrogen (secondary N) is 2. The number of rotatable bonds is 5. The second-order valence-corrected chi connectivity index (χ2v) is 7.09. The molecule has 1 fully saturated rings. The van der Waals surface area contributed by atoms with E-state index in [0.717, 1.165) is 0 Å². The van der Waals surface area contributed by atoms with Gasteiger partial charge in [0.2, 0.25) is 0 Å². The van der Waals surface area contributed by atoms with Gasteiger partial charge in [-0.3, -0.25) is 9.59 Å². The number of methoxy groups -OCH3 is 1. The van der Waals surface area contributed by atoms with Crippen LogP contribution < -0.4 is 15.4 Å². The predicted molar refractivity (Wildman–Crippen MR) is 98.8 cm³/mol. The van der Waals surface area contributed by atoms with Crippen molar-refractivity contribution in [1.82, 2.24) is 10.6 Å². The maximum absolute atomic E-state index is 12.6. The molecule has 0 saturated carbocycles. The largest absolute Gasteiger partial charge is 0.497 e. The van der Waals surface area contributed by atoms with Crippen molar-refractivity contribution in [3.8, 4) is 5.75 Å². The van der Waals surface area contributed by atoms with Gasteiger partial charge in [-0.05, 0) is 44.5 Å². The van der Waals surface area contributed by atoms with Crippen molar-refractivity contribution in [2.45, 2.75) is 44.4 Å². The van der Waals surface area contributed by atoms with Crippen LogP contribution >= 0.6 is 0 Å². The summed E-state index contributed by atoms with van der Waals surface area (Å²) in [6.45, 7) is 4.53. The fourth-order valence-corrected chi connectivity index (χ4v) is 3.22. The molecule has 1 aromatic rings. The number of nitrogens with zero attached hydrogens (tertiary/aromatic N) is 1. The summed E-state index contributed by atoms with van der Waals surface area (Å²) >= 11 is 0. The number of carbonyl (C=O) groups excluding carboxylic acids is 2. The highest BCUT2D eigenvalue weighted by molar-refractivity contribution is 6.39. The van der Waals surface area contributed by atoms with Crippen molar-refractivity contribution < 1.29 is 23.9 Å². The molecule has 2 atom stereocenters. The van der Waals surface area contributed by atoms with Gasteiger partial charge in [-0.1, -0.05) is 5.16 Å². The van der Waals surface area contributed by atoms with E-state index in [9.17, 15) is 9.59 Å². The molecule has 1 aromatic carbocycles. The Kier molecular flexibility index (Phi) is 5.65. The van der Waals surface area contributed by atoms with Crippen LogP contribution in [-0.2, 0) is 14.4 Å². The summed E-state index contributed by atoms with van der Waals surface area (Å²) < 4.78 is 10.7. The van der Waals surface area contributed by atoms with E-state index in [4.69, 9.17) is 14.3 Å². The molecule has 0 unspecified atom stereocenters. The minimum Gasteiger partial charge on any atom is -0.497 e. The first kappa shape index (κ1) is 19.2. The highest BCUT2D eigenvalue weighted by Crippen LogP contribution is 2.33. The molecule has 0 aromatic heterocycles. The molecule has 1 saturated heterocycles. The molecule has 2 aliphatic rings. The van der Waals surface area contributed by atoms with Gasteiger partial charge in [-0.25, -0.2) is 0 Å². The smallest absolute Gasteiger partial charge is 0.269 e. The number of benzene rings is 1. The first-order valence-electron chi connectivity index (χ1n) is 9.02. The maximum atomic E-state index is 12.6. The van der Waals surface area contributed by atoms with E-state index < -0.39 is 5.60 Å². The Balaban J connectivity index is 1.69. The first-order valence-corrected chi connectivity index (χ1v) is 9.02. The average Bonchev–Trinajstić information content (AvgIpc) is 3.08. The summed E-state index contributed by atoms with van der Waals surface area (Å²) in [7, 11) is 1.57. The Labute approximate surface area is 158 Å². The molecular weight excluding hydrogens is 350 g/mol. The van der Waals surface area contributed by atoms with Crippen LogP contribution in [0.15, 0.2) is 29.4 Å². The molecule has 0 bridgehead atoms. The van der Waals surface area contributed by atoms with Crippen molar-refractivity contribution in [1.29, 1.82) is 0 Å². The van der Waals surface area contributed by atoms with Gasteiger partial charge in [0.25, 0.3) is 11.8 Å². The van der Waals surface area contributed by atoms with Crippen molar-refractivity contribution in [3.63, 3.8) is 0 Å². The summed E-state index contributed by atoms with van der Waals surface area (Å²) in [5.74, 6) is 0.211. The van der Waals surface area contributed by atoms with Gasteiger partial charge < -0.3 is 24.9 Å². The third-order valence-electron chi connectivity index (χ3n) is 4.68. The minimum atomic E-state index is -0.857. The molecule has 2 heterocycles. The van der Waals surface area contributed by atoms with Gasteiger partial charge in [0.1, 0.15) is 11.5 Å². The van der Waals surface area contributed by atoms with Crippen LogP contribution in [0.2, 0.25) is 0 Å². The van der Waals surface area contributed by atoms with Gasteiger partial charge in [0.05, 0.1) is 19.8 Å². The van der Waals surface area contributed by atoms with E-state index >= 15 is 0 Å². The van der Waals surface area contributed by atoms with E-state index in [1.54, 1.807) is 31.4 Å². The predicted octanol–water partition coefficient (Wildman–Crippen LogP) is 1.25. The molecule has 0 radical (unpaired) electrons. The second kappa shape index (κ2) is 7.96. The Bertz CT molecular complexity index is 731. The Morgan fingerprint density at radius 2 is 2.00 bits per heavy atom. The lowest BCUT2D eigenvalue weighted by Gasteiger charge is -2.38. The number of amides is 2. The minimum absolute atomic E-state index is 0.00456. The van der Waals surface area contributed by atoms with Crippen molar-refractivity contribution in [3.05, 3.63) is 29.8 Å². The van der Waals surface area contributed by atoms with Gasteiger partial charge in [0.15, 0.2) is 5.60 Å². The SMILES string of the molecule is COc1ccc(C(=O)N[C@H]2CCOC[C@@]23CC(C(=O)NC(C)C)=NO3)cc1. The summed E-state index contributed by atoms with van der Waals surface area (Å²) in [5.41, 5.74) is -0.0173. The highest BCUT2D eigenvalue weighted by atomic mass is 16.7. The zero-order valence-electron chi connectivity index (χ0n) is 15.8. The van der Waals surface area contributed by atoms with Gasteiger partial charge >= 0.3 is 0 Å². The van der Waals surface area contributed by atoms with Crippen LogP contribution in [0, 0.1) is 0 Å². The van der Waals surface area contributed by atoms with E-state index in [2.05, 4.69) is 15.8 Å². The van der Waals surface area contributed by atoms with Crippen LogP contribution in [-0.4, -0.2) is 55.5 Å². The van der Waals surface area contributed by atoms with Crippen molar-refractivity contribution in [2.24, 2.45) is 5.16 Å². The standard InChI is InChI=1S/C19H25N3O5/c1-12(2)20-18(24)15-10-19(27-22-15)11-26-9-8-16(19)21-17(23)13-4-6-14(25-3)7-5-13/h4-7,12,16H,8-11H2,1-3H3,(H,20,24)(H,21,23)/t16-,19-/m0/s1. The molecule has 2 aliphatic heterocycles. The monoisotopic (exact) mass is 375 g/mol. The Hall–Kier alpha value is -2.61. The lowest BCUT2D eigenvalue weighted by molar-refractivity contribution is -0.128. The second-order valence-electron chi connectivity index (χ2n) is 7.09. The van der Waals surface area contributed by atoms with Crippen LogP contribution in [0.5, 0.6) is 5.75 Å². The van der Waals surface area contributed by atoms with E-state index in [-0.39, 0.29) is 30.5 Å². The molecular formula is C19H25N3O5. The topological polar surface area (TPSA) is 98.2 Å². The van der Waals surface area contributed by atoms with Gasteiger partial charge in [-0.15, -0.1) is 0 Å². The number of hydrogen-bond acceptors (Lipinski definition) is 6. The lowest BCUT2D eigenvalue weighted by Crippen LogP contribution is -2.59. The van der Waals surface area contributed by atoms with Crippen molar-refractivity contribution in [2.75, 3.05) is 20.3 Å². The maximum Gasteiger partial charge on any atom is 0.269 e. The number of carbonyl (C=O) groups is 2. The average molecular weight is 375 g/mol. The summed E-state index contributed by atoms with van der Waals surface area (Å²) in [6.07, 6.45) is 0.871. The molecule has 8 nitrogen and oxygen atoms in total. The molecule has 3 rings (SSSR count). The number of ether oxygens (including phenoxy) is 2. The zero-order chi connectivity index (χ0) is 19.4. The molecule has 0 aliphatic carbocycles. The third kappa shape index (κ3) is 4.21. The van der Waals surface area contributed by atoms with Gasteiger partial charge in [0, 0.05) is 24.6 Å². The Morgan fingerprint density at radius 3 is 2.67 bits per heavy atom. The summed E-state index contributed by atoms with van der Waals surface area (Å²) in [5, 5.41) is 9.80. The first-order chi connectivity index (χ1) is 12.9. The molecule has 146 valence electrons. The third-order valence-corrected chi connectivity index (χ3v) is 4.68. The fraction of sp³-hybridized carbons (Fsp3) is 0.526. The quantitative estimate of drug-likeness (QED) is 0.807. The molecule has 2 amide bonds. The molecule has 2 N–H and O–H groups in total. The summed E-state index contributed by atoms with van der Waals surface area (Å²) in [4.78, 5) is 30.5. The molecule has 1 spiro atoms. The van der Waals surface area contributed by atoms with Gasteiger partial charge in [-0.2, -0.15) is 0 Å². The zero-order valence-corrected chi connectivity index (χ0v) is 15.8. The van der Waals surface area contributed by atoms with Crippen LogP contribution in [0.4, 0.5) is 0 Å². The van der Waals surface area contributed by atoms with E-state index in [1.807, 2.05) is 13.8 Å². The fourth-order valence-electron chi connectivity index (χ4n) is 3.22. The van der Waals surface area contributed by atoms with E-state index in [1.165, 1.54) is 0 Å². The van der Waals surface area contributed by atoms with Crippen LogP contribution in [0.1, 0.15) is 37.0 Å². The van der Waals surface area contributed by atoms with E-state index in [0.29, 0.717) is 36.5 Å². The molecule has 27 heavy (non-hydrogen) atoms. The molecule has 8 heteroatoms. The normalized spacial score (nSPS) is 24.3. The van der Waals surface area contributed by atoms with Crippen LogP contribution in [0.3, 0.4) is 0 Å². The Morgan fingerprint density at radius 1 is 1.26 bits per heavy atom. The van der Waals surface area contributed by atoms with Crippen molar-refractivity contribution >= 4 is 17.5 Å². The summed E-state index contributed by atoms with van der Waals surface area (Å²) in [6, 6.07) is 6.57. The lowest BCUT2D eigenvalue weighted by atomic mass is 9.85.